The predicted octanol–water partition coefficient (Wildman–Crippen LogP) is 2.52. The van der Waals surface area contributed by atoms with E-state index >= 15 is 0 Å². The molecule has 0 unspecified atom stereocenters. The van der Waals surface area contributed by atoms with E-state index in [1.165, 1.54) is 15.7 Å². The molecule has 0 amide bonds. The number of hydrogen-bond acceptors (Lipinski definition) is 5. The lowest BCUT2D eigenvalue weighted by Crippen LogP contribution is -2.04. The Labute approximate surface area is 96.1 Å². The minimum absolute atomic E-state index is 0.0207. The third-order valence-corrected chi connectivity index (χ3v) is 2.99. The molecule has 0 atom stereocenters. The largest absolute Gasteiger partial charge is 0.372 e. The zero-order valence-corrected chi connectivity index (χ0v) is 9.66. The van der Waals surface area contributed by atoms with Crippen LogP contribution in [0.3, 0.4) is 0 Å². The molecule has 1 N–H and O–H groups in total. The van der Waals surface area contributed by atoms with E-state index in [0.29, 0.717) is 17.3 Å². The standard InChI is InChI=1S/C9H12N4O2S/c1-2-3-4-10-7-8(13(14)15)12-5-6-16-9(12)11-7/h5-6,10H,2-4H2,1H3. The Bertz CT molecular complexity index is 505. The summed E-state index contributed by atoms with van der Waals surface area (Å²) in [6, 6.07) is 0. The molecule has 0 aliphatic heterocycles. The van der Waals surface area contributed by atoms with E-state index in [0.717, 1.165) is 12.8 Å². The first-order valence-electron chi connectivity index (χ1n) is 5.08. The summed E-state index contributed by atoms with van der Waals surface area (Å²) in [6.07, 6.45) is 3.68. The summed E-state index contributed by atoms with van der Waals surface area (Å²) >= 11 is 1.39. The molecule has 0 spiro atoms. The molecule has 2 rings (SSSR count). The van der Waals surface area contributed by atoms with Gasteiger partial charge in [0.25, 0.3) is 4.96 Å². The van der Waals surface area contributed by atoms with Gasteiger partial charge in [0.1, 0.15) is 6.20 Å². The highest BCUT2D eigenvalue weighted by Crippen LogP contribution is 2.27. The van der Waals surface area contributed by atoms with Crippen LogP contribution in [0.5, 0.6) is 0 Å². The fourth-order valence-corrected chi connectivity index (χ4v) is 2.16. The molecular formula is C9H12N4O2S. The maximum atomic E-state index is 10.9. The molecular weight excluding hydrogens is 228 g/mol. The van der Waals surface area contributed by atoms with Gasteiger partial charge in [-0.2, -0.15) is 9.38 Å². The van der Waals surface area contributed by atoms with Crippen molar-refractivity contribution in [3.8, 4) is 0 Å². The van der Waals surface area contributed by atoms with Crippen LogP contribution in [-0.2, 0) is 0 Å². The molecule has 0 aromatic carbocycles. The maximum Gasteiger partial charge on any atom is 0.372 e. The van der Waals surface area contributed by atoms with Gasteiger partial charge in [0, 0.05) is 11.9 Å². The van der Waals surface area contributed by atoms with E-state index < -0.39 is 4.92 Å². The molecule has 2 aromatic rings. The van der Waals surface area contributed by atoms with Crippen molar-refractivity contribution >= 4 is 27.9 Å². The van der Waals surface area contributed by atoms with Crippen molar-refractivity contribution in [3.05, 3.63) is 21.7 Å². The number of rotatable bonds is 5. The van der Waals surface area contributed by atoms with Crippen LogP contribution in [0, 0.1) is 10.1 Å². The van der Waals surface area contributed by atoms with Crippen molar-refractivity contribution in [1.82, 2.24) is 9.38 Å². The summed E-state index contributed by atoms with van der Waals surface area (Å²) in [5.41, 5.74) is 0. The lowest BCUT2D eigenvalue weighted by Gasteiger charge is -2.01. The van der Waals surface area contributed by atoms with Gasteiger partial charge in [-0.15, -0.1) is 0 Å². The number of nitrogens with one attached hydrogen (secondary N) is 1. The zero-order valence-electron chi connectivity index (χ0n) is 8.84. The molecule has 0 fully saturated rings. The van der Waals surface area contributed by atoms with E-state index in [9.17, 15) is 10.1 Å². The normalized spacial score (nSPS) is 10.8. The monoisotopic (exact) mass is 240 g/mol. The Kier molecular flexibility index (Phi) is 3.04. The van der Waals surface area contributed by atoms with Crippen molar-refractivity contribution in [3.63, 3.8) is 0 Å². The topological polar surface area (TPSA) is 72.5 Å². The summed E-state index contributed by atoms with van der Waals surface area (Å²) in [6.45, 7) is 2.78. The number of hydrogen-bond donors (Lipinski definition) is 1. The summed E-state index contributed by atoms with van der Waals surface area (Å²) in [4.78, 5) is 15.4. The van der Waals surface area contributed by atoms with Gasteiger partial charge < -0.3 is 15.4 Å². The zero-order chi connectivity index (χ0) is 11.5. The van der Waals surface area contributed by atoms with Gasteiger partial charge in [0.15, 0.2) is 0 Å². The van der Waals surface area contributed by atoms with Gasteiger partial charge in [0.05, 0.1) is 0 Å². The van der Waals surface area contributed by atoms with E-state index in [1.807, 2.05) is 0 Å². The van der Waals surface area contributed by atoms with Crippen LogP contribution in [0.25, 0.3) is 4.96 Å². The van der Waals surface area contributed by atoms with Crippen LogP contribution in [0.1, 0.15) is 19.8 Å². The molecule has 6 nitrogen and oxygen atoms in total. The lowest BCUT2D eigenvalue weighted by molar-refractivity contribution is -0.389. The second kappa shape index (κ2) is 4.48. The lowest BCUT2D eigenvalue weighted by atomic mass is 10.3. The van der Waals surface area contributed by atoms with Crippen LogP contribution in [0.15, 0.2) is 11.6 Å². The van der Waals surface area contributed by atoms with Gasteiger partial charge >= 0.3 is 5.82 Å². The summed E-state index contributed by atoms with van der Waals surface area (Å²) in [5.74, 6) is 0.387. The molecule has 0 saturated heterocycles. The number of nitro groups is 1. The van der Waals surface area contributed by atoms with Crippen molar-refractivity contribution in [2.45, 2.75) is 19.8 Å². The van der Waals surface area contributed by atoms with E-state index in [1.54, 1.807) is 11.6 Å². The fraction of sp³-hybridized carbons (Fsp3) is 0.444. The Morgan fingerprint density at radius 3 is 3.19 bits per heavy atom. The quantitative estimate of drug-likeness (QED) is 0.495. The highest BCUT2D eigenvalue weighted by atomic mass is 32.1. The van der Waals surface area contributed by atoms with Crippen molar-refractivity contribution in [1.29, 1.82) is 0 Å². The summed E-state index contributed by atoms with van der Waals surface area (Å²) in [5, 5.41) is 15.7. The summed E-state index contributed by atoms with van der Waals surface area (Å²) in [7, 11) is 0. The van der Waals surface area contributed by atoms with Crippen LogP contribution in [-0.4, -0.2) is 20.9 Å². The van der Waals surface area contributed by atoms with Crippen molar-refractivity contribution in [2.24, 2.45) is 0 Å². The Hall–Kier alpha value is -1.63. The third kappa shape index (κ3) is 1.85. The number of nitrogens with zero attached hydrogens (tertiary/aromatic N) is 3. The van der Waals surface area contributed by atoms with Gasteiger partial charge in [0.2, 0.25) is 5.82 Å². The highest BCUT2D eigenvalue weighted by Gasteiger charge is 2.22. The number of fused-ring (bicyclic) bond motifs is 1. The molecule has 0 saturated carbocycles. The van der Waals surface area contributed by atoms with Gasteiger partial charge in [-0.3, -0.25) is 0 Å². The molecule has 7 heteroatoms. The Morgan fingerprint density at radius 2 is 2.50 bits per heavy atom. The number of anilines is 1. The second-order valence-electron chi connectivity index (χ2n) is 3.38. The molecule has 0 aliphatic carbocycles. The molecule has 2 aromatic heterocycles. The minimum atomic E-state index is -0.402. The molecule has 2 heterocycles. The van der Waals surface area contributed by atoms with Gasteiger partial charge in [-0.25, -0.2) is 0 Å². The first-order chi connectivity index (χ1) is 7.74. The number of thiazole rings is 1. The molecule has 86 valence electrons. The van der Waals surface area contributed by atoms with Crippen LogP contribution >= 0.6 is 11.3 Å². The molecule has 0 radical (unpaired) electrons. The van der Waals surface area contributed by atoms with E-state index in [-0.39, 0.29) is 5.82 Å². The third-order valence-electron chi connectivity index (χ3n) is 2.23. The second-order valence-corrected chi connectivity index (χ2v) is 4.25. The Morgan fingerprint density at radius 1 is 1.69 bits per heavy atom. The number of imidazole rings is 1. The van der Waals surface area contributed by atoms with Crippen LogP contribution in [0.2, 0.25) is 0 Å². The van der Waals surface area contributed by atoms with Crippen LogP contribution in [0.4, 0.5) is 11.6 Å². The predicted molar refractivity (Wildman–Crippen MR) is 63.1 cm³/mol. The van der Waals surface area contributed by atoms with Gasteiger partial charge in [-0.1, -0.05) is 24.7 Å². The van der Waals surface area contributed by atoms with Crippen molar-refractivity contribution in [2.75, 3.05) is 11.9 Å². The SMILES string of the molecule is CCCCNc1nc2sccn2c1[N+](=O)[O-]. The molecule has 0 bridgehead atoms. The van der Waals surface area contributed by atoms with Crippen LogP contribution < -0.4 is 5.32 Å². The smallest absolute Gasteiger partial charge is 0.363 e. The summed E-state index contributed by atoms with van der Waals surface area (Å²) < 4.78 is 1.50. The van der Waals surface area contributed by atoms with E-state index in [4.69, 9.17) is 0 Å². The van der Waals surface area contributed by atoms with Gasteiger partial charge in [-0.05, 0) is 11.3 Å². The Balaban J connectivity index is 2.32. The highest BCUT2D eigenvalue weighted by molar-refractivity contribution is 7.15. The minimum Gasteiger partial charge on any atom is -0.363 e. The van der Waals surface area contributed by atoms with Crippen molar-refractivity contribution < 1.29 is 4.92 Å². The number of aromatic nitrogens is 2. The first kappa shape index (κ1) is 10.9. The van der Waals surface area contributed by atoms with E-state index in [2.05, 4.69) is 17.2 Å². The number of unbranched alkanes of at least 4 members (excludes halogenated alkanes) is 1. The first-order valence-corrected chi connectivity index (χ1v) is 5.95. The maximum absolute atomic E-state index is 10.9. The fourth-order valence-electron chi connectivity index (χ4n) is 1.45. The molecule has 0 aliphatic rings. The molecule has 16 heavy (non-hydrogen) atoms. The average Bonchev–Trinajstić information content (AvgIpc) is 2.76. The average molecular weight is 240 g/mol.